The predicted octanol–water partition coefficient (Wildman–Crippen LogP) is 3.65. The fourth-order valence-corrected chi connectivity index (χ4v) is 2.64. The Hall–Kier alpha value is -2.95. The molecule has 2 aromatic carbocycles. The number of carbonyl (C=O) groups excluding carboxylic acids is 1. The monoisotopic (exact) mass is 337 g/mol. The molecule has 0 fully saturated rings. The number of benzene rings is 2. The number of hydrogen-bond donors (Lipinski definition) is 0. The van der Waals surface area contributed by atoms with Crippen LogP contribution >= 0.6 is 0 Å². The Kier molecular flexibility index (Phi) is 4.93. The maximum Gasteiger partial charge on any atom is 0.254 e. The smallest absolute Gasteiger partial charge is 0.254 e. The van der Waals surface area contributed by atoms with Crippen molar-refractivity contribution in [3.63, 3.8) is 0 Å². The van der Waals surface area contributed by atoms with Crippen molar-refractivity contribution in [2.75, 3.05) is 7.05 Å². The van der Waals surface area contributed by atoms with E-state index in [2.05, 4.69) is 5.10 Å². The summed E-state index contributed by atoms with van der Waals surface area (Å²) in [4.78, 5) is 14.0. The first-order valence-electron chi connectivity index (χ1n) is 8.10. The fraction of sp³-hybridized carbons (Fsp3) is 0.200. The summed E-state index contributed by atoms with van der Waals surface area (Å²) in [6.45, 7) is 2.78. The quantitative estimate of drug-likeness (QED) is 0.713. The standard InChI is InChI=1S/C20H20FN3O/c1-15-8-9-18(10-19(15)21)20(25)23(2)12-17-11-22-24(14-17)13-16-6-4-3-5-7-16/h3-11,14H,12-13H2,1-2H3. The average Bonchev–Trinajstić information content (AvgIpc) is 3.04. The summed E-state index contributed by atoms with van der Waals surface area (Å²) in [5.41, 5.74) is 2.97. The van der Waals surface area contributed by atoms with E-state index >= 15 is 0 Å². The van der Waals surface area contributed by atoms with E-state index in [0.717, 1.165) is 11.1 Å². The molecule has 0 radical (unpaired) electrons. The van der Waals surface area contributed by atoms with Gasteiger partial charge in [-0.25, -0.2) is 4.39 Å². The molecule has 0 unspecified atom stereocenters. The molecule has 1 aromatic heterocycles. The van der Waals surface area contributed by atoms with Gasteiger partial charge in [0.05, 0.1) is 12.7 Å². The van der Waals surface area contributed by atoms with E-state index < -0.39 is 0 Å². The molecule has 128 valence electrons. The van der Waals surface area contributed by atoms with Crippen LogP contribution in [0.25, 0.3) is 0 Å². The molecule has 3 aromatic rings. The van der Waals surface area contributed by atoms with Gasteiger partial charge >= 0.3 is 0 Å². The van der Waals surface area contributed by atoms with Gasteiger partial charge in [-0.05, 0) is 30.2 Å². The van der Waals surface area contributed by atoms with Crippen molar-refractivity contribution in [3.05, 3.63) is 89.0 Å². The third-order valence-electron chi connectivity index (χ3n) is 4.06. The summed E-state index contributed by atoms with van der Waals surface area (Å²) < 4.78 is 15.5. The van der Waals surface area contributed by atoms with Gasteiger partial charge in [-0.1, -0.05) is 36.4 Å². The van der Waals surface area contributed by atoms with Crippen LogP contribution in [0.1, 0.15) is 27.0 Å². The third kappa shape index (κ3) is 4.12. The van der Waals surface area contributed by atoms with Crippen molar-refractivity contribution in [1.29, 1.82) is 0 Å². The molecule has 0 bridgehead atoms. The molecule has 4 nitrogen and oxygen atoms in total. The average molecular weight is 337 g/mol. The molecule has 0 aliphatic carbocycles. The summed E-state index contributed by atoms with van der Waals surface area (Å²) in [5.74, 6) is -0.579. The van der Waals surface area contributed by atoms with Crippen LogP contribution in [0.2, 0.25) is 0 Å². The highest BCUT2D eigenvalue weighted by Crippen LogP contribution is 2.13. The Balaban J connectivity index is 1.65. The third-order valence-corrected chi connectivity index (χ3v) is 4.06. The van der Waals surface area contributed by atoms with E-state index in [-0.39, 0.29) is 11.7 Å². The summed E-state index contributed by atoms with van der Waals surface area (Å²) in [6.07, 6.45) is 3.68. The van der Waals surface area contributed by atoms with Crippen LogP contribution in [0, 0.1) is 12.7 Å². The Labute approximate surface area is 146 Å². The number of aryl methyl sites for hydroxylation is 1. The zero-order valence-corrected chi connectivity index (χ0v) is 14.3. The van der Waals surface area contributed by atoms with Crippen LogP contribution in [-0.2, 0) is 13.1 Å². The number of amides is 1. The Bertz CT molecular complexity index is 874. The minimum absolute atomic E-state index is 0.213. The lowest BCUT2D eigenvalue weighted by molar-refractivity contribution is 0.0784. The second-order valence-electron chi connectivity index (χ2n) is 6.16. The Morgan fingerprint density at radius 2 is 1.92 bits per heavy atom. The predicted molar refractivity (Wildman–Crippen MR) is 94.7 cm³/mol. The second kappa shape index (κ2) is 7.30. The molecular formula is C20H20FN3O. The maximum atomic E-state index is 13.7. The molecule has 1 heterocycles. The van der Waals surface area contributed by atoms with E-state index in [1.165, 1.54) is 6.07 Å². The van der Waals surface area contributed by atoms with Crippen molar-refractivity contribution < 1.29 is 9.18 Å². The molecule has 1 amide bonds. The lowest BCUT2D eigenvalue weighted by atomic mass is 10.1. The van der Waals surface area contributed by atoms with Gasteiger partial charge in [0.25, 0.3) is 5.91 Å². The van der Waals surface area contributed by atoms with Crippen LogP contribution in [-0.4, -0.2) is 27.6 Å². The highest BCUT2D eigenvalue weighted by molar-refractivity contribution is 5.94. The molecule has 5 heteroatoms. The van der Waals surface area contributed by atoms with E-state index in [1.807, 2.05) is 41.2 Å². The van der Waals surface area contributed by atoms with Gasteiger partial charge in [0.1, 0.15) is 5.82 Å². The van der Waals surface area contributed by atoms with Gasteiger partial charge in [0.15, 0.2) is 0 Å². The van der Waals surface area contributed by atoms with E-state index in [1.54, 1.807) is 37.2 Å². The molecule has 0 saturated carbocycles. The van der Waals surface area contributed by atoms with Crippen LogP contribution in [0.15, 0.2) is 60.9 Å². The van der Waals surface area contributed by atoms with Gasteiger partial charge in [0, 0.05) is 30.9 Å². The molecule has 3 rings (SSSR count). The zero-order chi connectivity index (χ0) is 17.8. The summed E-state index contributed by atoms with van der Waals surface area (Å²) in [6, 6.07) is 14.6. The van der Waals surface area contributed by atoms with Crippen molar-refractivity contribution in [2.24, 2.45) is 0 Å². The molecule has 25 heavy (non-hydrogen) atoms. The van der Waals surface area contributed by atoms with Crippen molar-refractivity contribution in [2.45, 2.75) is 20.0 Å². The van der Waals surface area contributed by atoms with Crippen LogP contribution in [0.5, 0.6) is 0 Å². The summed E-state index contributed by atoms with van der Waals surface area (Å²) >= 11 is 0. The minimum Gasteiger partial charge on any atom is -0.337 e. The molecular weight excluding hydrogens is 317 g/mol. The zero-order valence-electron chi connectivity index (χ0n) is 14.3. The highest BCUT2D eigenvalue weighted by Gasteiger charge is 2.14. The Morgan fingerprint density at radius 1 is 1.16 bits per heavy atom. The van der Waals surface area contributed by atoms with Gasteiger partial charge < -0.3 is 4.90 Å². The lowest BCUT2D eigenvalue weighted by Crippen LogP contribution is -2.26. The van der Waals surface area contributed by atoms with Gasteiger partial charge in [0.2, 0.25) is 0 Å². The number of carbonyl (C=O) groups is 1. The van der Waals surface area contributed by atoms with E-state index in [4.69, 9.17) is 0 Å². The first-order valence-corrected chi connectivity index (χ1v) is 8.10. The molecule has 0 spiro atoms. The van der Waals surface area contributed by atoms with Crippen molar-refractivity contribution in [1.82, 2.24) is 14.7 Å². The number of rotatable bonds is 5. The number of nitrogens with zero attached hydrogens (tertiary/aromatic N) is 3. The van der Waals surface area contributed by atoms with Crippen LogP contribution < -0.4 is 0 Å². The minimum atomic E-state index is -0.366. The topological polar surface area (TPSA) is 38.1 Å². The van der Waals surface area contributed by atoms with Gasteiger partial charge in [-0.15, -0.1) is 0 Å². The molecule has 0 aliphatic rings. The van der Waals surface area contributed by atoms with Crippen molar-refractivity contribution in [3.8, 4) is 0 Å². The molecule has 0 aliphatic heterocycles. The number of aromatic nitrogens is 2. The van der Waals surface area contributed by atoms with Gasteiger partial charge in [-0.3, -0.25) is 9.48 Å². The first kappa shape index (κ1) is 16.9. The summed E-state index contributed by atoms with van der Waals surface area (Å²) in [5, 5.41) is 4.34. The summed E-state index contributed by atoms with van der Waals surface area (Å²) in [7, 11) is 1.70. The van der Waals surface area contributed by atoms with Crippen molar-refractivity contribution >= 4 is 5.91 Å². The maximum absolute atomic E-state index is 13.7. The van der Waals surface area contributed by atoms with Crippen LogP contribution in [0.3, 0.4) is 0 Å². The number of halogens is 1. The van der Waals surface area contributed by atoms with Crippen LogP contribution in [0.4, 0.5) is 4.39 Å². The molecule has 0 saturated heterocycles. The largest absolute Gasteiger partial charge is 0.337 e. The molecule has 0 N–H and O–H groups in total. The Morgan fingerprint density at radius 3 is 2.64 bits per heavy atom. The fourth-order valence-electron chi connectivity index (χ4n) is 2.64. The van der Waals surface area contributed by atoms with E-state index in [0.29, 0.717) is 24.2 Å². The highest BCUT2D eigenvalue weighted by atomic mass is 19.1. The van der Waals surface area contributed by atoms with Gasteiger partial charge in [-0.2, -0.15) is 5.10 Å². The normalized spacial score (nSPS) is 10.7. The SMILES string of the molecule is Cc1ccc(C(=O)N(C)Cc2cnn(Cc3ccccc3)c2)cc1F. The molecule has 0 atom stereocenters. The first-order chi connectivity index (χ1) is 12.0. The number of hydrogen-bond acceptors (Lipinski definition) is 2. The second-order valence-corrected chi connectivity index (χ2v) is 6.16. The lowest BCUT2D eigenvalue weighted by Gasteiger charge is -2.16. The van der Waals surface area contributed by atoms with E-state index in [9.17, 15) is 9.18 Å².